The molecule has 1 aliphatic rings. The van der Waals surface area contributed by atoms with Gasteiger partial charge in [-0.05, 0) is 37.6 Å². The molecule has 9 heteroatoms. The van der Waals surface area contributed by atoms with Crippen LogP contribution in [0.15, 0.2) is 35.3 Å². The van der Waals surface area contributed by atoms with Gasteiger partial charge in [0.05, 0.1) is 25.7 Å². The molecule has 33 heavy (non-hydrogen) atoms. The summed E-state index contributed by atoms with van der Waals surface area (Å²) in [5.41, 5.74) is 3.29. The molecule has 8 nitrogen and oxygen atoms in total. The van der Waals surface area contributed by atoms with Crippen molar-refractivity contribution in [1.29, 1.82) is 0 Å². The van der Waals surface area contributed by atoms with Crippen molar-refractivity contribution < 1.29 is 13.9 Å². The molecule has 1 aliphatic heterocycles. The Morgan fingerprint density at radius 2 is 1.91 bits per heavy atom. The Labute approximate surface area is 189 Å². The van der Waals surface area contributed by atoms with Crippen molar-refractivity contribution in [3.63, 3.8) is 0 Å². The van der Waals surface area contributed by atoms with E-state index in [-0.39, 0.29) is 11.4 Å². The van der Waals surface area contributed by atoms with Crippen LogP contribution in [0, 0.1) is 19.7 Å². The minimum absolute atomic E-state index is 0.287. The summed E-state index contributed by atoms with van der Waals surface area (Å²) in [6.45, 7) is 6.47. The van der Waals surface area contributed by atoms with E-state index >= 15 is 0 Å². The smallest absolute Gasteiger partial charge is 0.260 e. The third-order valence-corrected chi connectivity index (χ3v) is 6.08. The van der Waals surface area contributed by atoms with E-state index in [2.05, 4.69) is 24.8 Å². The van der Waals surface area contributed by atoms with E-state index < -0.39 is 5.82 Å². The van der Waals surface area contributed by atoms with Gasteiger partial charge >= 0.3 is 0 Å². The number of methoxy groups -OCH3 is 1. The first kappa shape index (κ1) is 21.1. The largest absolute Gasteiger partial charge is 0.496 e. The van der Waals surface area contributed by atoms with Crippen molar-refractivity contribution >= 4 is 16.9 Å². The van der Waals surface area contributed by atoms with Crippen molar-refractivity contribution in [2.75, 3.05) is 38.3 Å². The molecular weight excluding hydrogens is 425 g/mol. The van der Waals surface area contributed by atoms with Crippen molar-refractivity contribution in [2.45, 2.75) is 13.8 Å². The van der Waals surface area contributed by atoms with Crippen LogP contribution in [0.4, 0.5) is 10.2 Å². The fourth-order valence-electron chi connectivity index (χ4n) is 4.24. The molecule has 0 amide bonds. The normalized spacial score (nSPS) is 14.1. The van der Waals surface area contributed by atoms with Gasteiger partial charge in [0.15, 0.2) is 0 Å². The molecule has 0 bridgehead atoms. The average Bonchev–Trinajstić information content (AvgIpc) is 3.27. The average molecular weight is 449 g/mol. The number of hydrogen-bond acceptors (Lipinski definition) is 6. The number of H-pyrrole nitrogens is 2. The molecule has 4 aromatic rings. The van der Waals surface area contributed by atoms with E-state index in [0.717, 1.165) is 30.2 Å². The van der Waals surface area contributed by atoms with E-state index in [1.165, 1.54) is 13.2 Å². The number of nitrogens with zero attached hydrogens (tertiary/aromatic N) is 3. The number of hydrogen-bond donors (Lipinski definition) is 2. The second kappa shape index (κ2) is 8.32. The number of morpholine rings is 1. The lowest BCUT2D eigenvalue weighted by Gasteiger charge is -2.27. The number of fused-ring (bicyclic) bond motifs is 1. The molecule has 1 aromatic carbocycles. The summed E-state index contributed by atoms with van der Waals surface area (Å²) in [5, 5.41) is 0.421. The van der Waals surface area contributed by atoms with Crippen LogP contribution in [-0.2, 0) is 4.74 Å². The third kappa shape index (κ3) is 3.74. The van der Waals surface area contributed by atoms with Crippen LogP contribution in [0.25, 0.3) is 33.7 Å². The lowest BCUT2D eigenvalue weighted by molar-refractivity contribution is 0.122. The first-order valence-electron chi connectivity index (χ1n) is 10.7. The first-order chi connectivity index (χ1) is 16.0. The Kier molecular flexibility index (Phi) is 5.33. The van der Waals surface area contributed by atoms with Gasteiger partial charge in [0.2, 0.25) is 0 Å². The highest BCUT2D eigenvalue weighted by molar-refractivity contribution is 5.84. The van der Waals surface area contributed by atoms with Gasteiger partial charge in [0.25, 0.3) is 5.56 Å². The maximum absolute atomic E-state index is 14.5. The van der Waals surface area contributed by atoms with Crippen LogP contribution in [0.2, 0.25) is 0 Å². The number of ether oxygens (including phenoxy) is 2. The van der Waals surface area contributed by atoms with Crippen LogP contribution >= 0.6 is 0 Å². The first-order valence-corrected chi connectivity index (χ1v) is 10.7. The van der Waals surface area contributed by atoms with Gasteiger partial charge in [-0.25, -0.2) is 14.4 Å². The maximum Gasteiger partial charge on any atom is 0.260 e. The molecule has 5 rings (SSSR count). The number of anilines is 1. The minimum atomic E-state index is -0.422. The van der Waals surface area contributed by atoms with E-state index in [1.807, 2.05) is 19.1 Å². The van der Waals surface area contributed by atoms with Crippen molar-refractivity contribution in [1.82, 2.24) is 19.9 Å². The zero-order valence-corrected chi connectivity index (χ0v) is 18.7. The van der Waals surface area contributed by atoms with Crippen LogP contribution in [0.5, 0.6) is 5.75 Å². The highest BCUT2D eigenvalue weighted by Crippen LogP contribution is 2.33. The zero-order valence-electron chi connectivity index (χ0n) is 18.7. The summed E-state index contributed by atoms with van der Waals surface area (Å²) in [6.07, 6.45) is 1.77. The third-order valence-electron chi connectivity index (χ3n) is 6.08. The van der Waals surface area contributed by atoms with E-state index in [4.69, 9.17) is 9.47 Å². The number of rotatable bonds is 4. The van der Waals surface area contributed by atoms with Gasteiger partial charge in [-0.2, -0.15) is 0 Å². The van der Waals surface area contributed by atoms with E-state index in [9.17, 15) is 9.18 Å². The lowest BCUT2D eigenvalue weighted by atomic mass is 10.0. The Bertz CT molecular complexity index is 1390. The topological polar surface area (TPSA) is 96.1 Å². The van der Waals surface area contributed by atoms with Crippen molar-refractivity contribution in [3.8, 4) is 28.4 Å². The van der Waals surface area contributed by atoms with Crippen molar-refractivity contribution in [3.05, 3.63) is 57.8 Å². The molecule has 0 aliphatic carbocycles. The van der Waals surface area contributed by atoms with Gasteiger partial charge in [0.1, 0.15) is 28.9 Å². The molecule has 170 valence electrons. The summed E-state index contributed by atoms with van der Waals surface area (Å²) in [7, 11) is 1.48. The standard InChI is InChI=1S/C24H24FN5O3/c1-13-17(25)11-19(32-3)14(2)21(13)23-28-22-16(24(31)29-23)10-18(27-22)15-4-5-20(26-12-15)30-6-8-33-9-7-30/h4-5,10-12H,6-9H2,1-3H3,(H2,27,28,29,31). The Hall–Kier alpha value is -3.72. The Balaban J connectivity index is 1.55. The molecule has 3 aromatic heterocycles. The molecule has 0 spiro atoms. The number of halogens is 1. The van der Waals surface area contributed by atoms with Gasteiger partial charge in [-0.15, -0.1) is 0 Å². The van der Waals surface area contributed by atoms with Gasteiger partial charge in [0, 0.05) is 47.7 Å². The second-order valence-electron chi connectivity index (χ2n) is 8.05. The van der Waals surface area contributed by atoms with Crippen LogP contribution in [0.3, 0.4) is 0 Å². The van der Waals surface area contributed by atoms with E-state index in [0.29, 0.717) is 46.7 Å². The summed E-state index contributed by atoms with van der Waals surface area (Å²) in [5.74, 6) is 1.15. The van der Waals surface area contributed by atoms with Crippen LogP contribution in [-0.4, -0.2) is 53.3 Å². The number of aromatic nitrogens is 4. The molecule has 1 fully saturated rings. The number of aromatic amines is 2. The molecule has 2 N–H and O–H groups in total. The molecule has 0 radical (unpaired) electrons. The molecular formula is C24H24FN5O3. The zero-order chi connectivity index (χ0) is 23.1. The van der Waals surface area contributed by atoms with Crippen molar-refractivity contribution in [2.24, 2.45) is 0 Å². The highest BCUT2D eigenvalue weighted by Gasteiger charge is 2.19. The molecule has 0 saturated carbocycles. The van der Waals surface area contributed by atoms with Gasteiger partial charge in [-0.1, -0.05) is 0 Å². The molecule has 0 unspecified atom stereocenters. The number of benzene rings is 1. The van der Waals surface area contributed by atoms with Crippen LogP contribution < -0.4 is 15.2 Å². The number of pyridine rings is 1. The monoisotopic (exact) mass is 449 g/mol. The predicted octanol–water partition coefficient (Wildman–Crippen LogP) is 3.58. The SMILES string of the molecule is COc1cc(F)c(C)c(-c2nc3[nH]c(-c4ccc(N5CCOCC5)nc4)cc3c(=O)[nH]2)c1C. The molecule has 0 atom stereocenters. The minimum Gasteiger partial charge on any atom is -0.496 e. The van der Waals surface area contributed by atoms with E-state index in [1.54, 1.807) is 19.2 Å². The summed E-state index contributed by atoms with van der Waals surface area (Å²) in [4.78, 5) is 30.2. The Morgan fingerprint density at radius 1 is 1.12 bits per heavy atom. The fourth-order valence-corrected chi connectivity index (χ4v) is 4.24. The van der Waals surface area contributed by atoms with Crippen LogP contribution in [0.1, 0.15) is 11.1 Å². The summed E-state index contributed by atoms with van der Waals surface area (Å²) >= 11 is 0. The van der Waals surface area contributed by atoms with Gasteiger partial charge < -0.3 is 24.3 Å². The fraction of sp³-hybridized carbons (Fsp3) is 0.292. The summed E-state index contributed by atoms with van der Waals surface area (Å²) in [6, 6.07) is 7.01. The number of nitrogens with one attached hydrogen (secondary N) is 2. The lowest BCUT2D eigenvalue weighted by Crippen LogP contribution is -2.36. The maximum atomic E-state index is 14.5. The quantitative estimate of drug-likeness (QED) is 0.494. The molecule has 1 saturated heterocycles. The predicted molar refractivity (Wildman–Crippen MR) is 124 cm³/mol. The van der Waals surface area contributed by atoms with Gasteiger partial charge in [-0.3, -0.25) is 4.79 Å². The summed E-state index contributed by atoms with van der Waals surface area (Å²) < 4.78 is 25.2. The highest BCUT2D eigenvalue weighted by atomic mass is 19.1. The molecule has 4 heterocycles. The Morgan fingerprint density at radius 3 is 2.61 bits per heavy atom. The second-order valence-corrected chi connectivity index (χ2v) is 8.05.